The third-order valence-corrected chi connectivity index (χ3v) is 9.15. The summed E-state index contributed by atoms with van der Waals surface area (Å²) in [5.41, 5.74) is 9.70. The maximum atomic E-state index is 6.41. The van der Waals surface area contributed by atoms with Gasteiger partial charge in [0.15, 0.2) is 0 Å². The molecule has 0 radical (unpaired) electrons. The average Bonchev–Trinajstić information content (AvgIpc) is 3.46. The molecule has 0 N–H and O–H groups in total. The lowest BCUT2D eigenvalue weighted by molar-refractivity contribution is 0.596. The van der Waals surface area contributed by atoms with Crippen molar-refractivity contribution in [3.8, 4) is 33.4 Å². The largest absolute Gasteiger partial charge is 0.456 e. The van der Waals surface area contributed by atoms with E-state index in [0.29, 0.717) is 0 Å². The van der Waals surface area contributed by atoms with E-state index in [1.54, 1.807) is 0 Å². The van der Waals surface area contributed by atoms with Crippen LogP contribution in [-0.2, 0) is 6.42 Å². The van der Waals surface area contributed by atoms with Crippen LogP contribution < -0.4 is 0 Å². The number of allylic oxidation sites excluding steroid dienone is 1. The van der Waals surface area contributed by atoms with Gasteiger partial charge in [-0.15, -0.1) is 0 Å². The molecule has 1 aliphatic rings. The van der Waals surface area contributed by atoms with Crippen LogP contribution in [0.1, 0.15) is 17.7 Å². The Bertz CT molecular complexity index is 2320. The highest BCUT2D eigenvalue weighted by molar-refractivity contribution is 6.23. The fourth-order valence-electron chi connectivity index (χ4n) is 7.22. The van der Waals surface area contributed by atoms with Gasteiger partial charge in [0.25, 0.3) is 0 Å². The maximum absolute atomic E-state index is 6.41. The zero-order valence-corrected chi connectivity index (χ0v) is 23.7. The molecular weight excluding hydrogens is 520 g/mol. The topological polar surface area (TPSA) is 13.1 Å². The van der Waals surface area contributed by atoms with Gasteiger partial charge in [-0.25, -0.2) is 0 Å². The van der Waals surface area contributed by atoms with Crippen molar-refractivity contribution >= 4 is 49.4 Å². The lowest BCUT2D eigenvalue weighted by Crippen LogP contribution is -1.91. The van der Waals surface area contributed by atoms with Crippen molar-refractivity contribution in [1.82, 2.24) is 0 Å². The molecule has 7 aromatic carbocycles. The van der Waals surface area contributed by atoms with Gasteiger partial charge in [0.2, 0.25) is 0 Å². The van der Waals surface area contributed by atoms with Crippen LogP contribution >= 0.6 is 0 Å². The van der Waals surface area contributed by atoms with Crippen molar-refractivity contribution in [2.45, 2.75) is 12.8 Å². The van der Waals surface area contributed by atoms with Crippen molar-refractivity contribution in [2.24, 2.45) is 0 Å². The van der Waals surface area contributed by atoms with Crippen LogP contribution in [0.4, 0.5) is 0 Å². The van der Waals surface area contributed by atoms with E-state index in [1.807, 2.05) is 0 Å². The van der Waals surface area contributed by atoms with Gasteiger partial charge in [-0.3, -0.25) is 0 Å². The van der Waals surface area contributed by atoms with Crippen molar-refractivity contribution in [3.63, 3.8) is 0 Å². The Morgan fingerprint density at radius 3 is 1.74 bits per heavy atom. The predicted octanol–water partition coefficient (Wildman–Crippen LogP) is 11.9. The Balaban J connectivity index is 1.26. The predicted molar refractivity (Wildman–Crippen MR) is 182 cm³/mol. The fourth-order valence-corrected chi connectivity index (χ4v) is 7.22. The molecule has 0 bridgehead atoms. The molecule has 1 aliphatic carbocycles. The molecule has 0 unspecified atom stereocenters. The zero-order chi connectivity index (χ0) is 28.3. The first-order chi connectivity index (χ1) is 21.3. The molecule has 1 heterocycles. The molecule has 0 fully saturated rings. The van der Waals surface area contributed by atoms with E-state index in [1.165, 1.54) is 71.1 Å². The molecule has 0 amide bonds. The SMILES string of the molecule is C1=Cc2oc3c(-c4ccc(-c5c6ccccc6c(-c6cccc7ccccc67)c6ccccc56)cc4)cccc3c2CC1. The fraction of sp³-hybridized carbons (Fsp3) is 0.0476. The summed E-state index contributed by atoms with van der Waals surface area (Å²) in [5, 5.41) is 8.86. The van der Waals surface area contributed by atoms with Crippen molar-refractivity contribution in [3.05, 3.63) is 151 Å². The standard InChI is InChI=1S/C42H28O/c1-2-13-30-27(11-1)12-9-20-33(30)41-36-17-5-3-15-34(36)40(35-16-4-6-18-37(35)41)29-25-23-28(24-26-29)31-19-10-21-38-32-14-7-8-22-39(32)43-42(31)38/h1-6,8-13,15-26H,7,14H2. The van der Waals surface area contributed by atoms with E-state index in [9.17, 15) is 0 Å². The van der Waals surface area contributed by atoms with Crippen molar-refractivity contribution < 1.29 is 4.42 Å². The number of hydrogen-bond acceptors (Lipinski definition) is 1. The molecule has 1 aromatic heterocycles. The second kappa shape index (κ2) is 9.58. The quantitative estimate of drug-likeness (QED) is 0.200. The van der Waals surface area contributed by atoms with E-state index >= 15 is 0 Å². The highest BCUT2D eigenvalue weighted by atomic mass is 16.3. The van der Waals surface area contributed by atoms with E-state index in [2.05, 4.69) is 146 Å². The average molecular weight is 549 g/mol. The Hall–Kier alpha value is -5.40. The van der Waals surface area contributed by atoms with Gasteiger partial charge in [0.05, 0.1) is 0 Å². The minimum absolute atomic E-state index is 0.988. The smallest absolute Gasteiger partial charge is 0.142 e. The van der Waals surface area contributed by atoms with E-state index in [0.717, 1.165) is 29.7 Å². The summed E-state index contributed by atoms with van der Waals surface area (Å²) in [6.45, 7) is 0. The van der Waals surface area contributed by atoms with Gasteiger partial charge in [-0.05, 0) is 79.1 Å². The summed E-state index contributed by atoms with van der Waals surface area (Å²) < 4.78 is 6.41. The van der Waals surface area contributed by atoms with Gasteiger partial charge < -0.3 is 4.42 Å². The monoisotopic (exact) mass is 548 g/mol. The van der Waals surface area contributed by atoms with Crippen LogP contribution in [0.2, 0.25) is 0 Å². The summed E-state index contributed by atoms with van der Waals surface area (Å²) >= 11 is 0. The first-order valence-corrected chi connectivity index (χ1v) is 15.1. The maximum Gasteiger partial charge on any atom is 0.142 e. The van der Waals surface area contributed by atoms with Crippen LogP contribution in [0.3, 0.4) is 0 Å². The molecule has 9 rings (SSSR count). The number of benzene rings is 7. The van der Waals surface area contributed by atoms with Gasteiger partial charge in [0, 0.05) is 16.5 Å². The van der Waals surface area contributed by atoms with E-state index < -0.39 is 0 Å². The van der Waals surface area contributed by atoms with Gasteiger partial charge in [-0.1, -0.05) is 140 Å². The lowest BCUT2D eigenvalue weighted by Gasteiger charge is -2.19. The molecule has 1 heteroatoms. The summed E-state index contributed by atoms with van der Waals surface area (Å²) in [6.07, 6.45) is 6.45. The molecule has 0 saturated heterocycles. The third-order valence-electron chi connectivity index (χ3n) is 9.15. The van der Waals surface area contributed by atoms with Crippen LogP contribution in [0.25, 0.3) is 82.7 Å². The number of fused-ring (bicyclic) bond motifs is 6. The van der Waals surface area contributed by atoms with Crippen LogP contribution in [0, 0.1) is 0 Å². The van der Waals surface area contributed by atoms with Gasteiger partial charge in [0.1, 0.15) is 11.3 Å². The minimum Gasteiger partial charge on any atom is -0.456 e. The normalized spacial score (nSPS) is 12.8. The molecule has 8 aromatic rings. The number of aryl methyl sites for hydroxylation is 1. The van der Waals surface area contributed by atoms with E-state index in [-0.39, 0.29) is 0 Å². The minimum atomic E-state index is 0.988. The summed E-state index contributed by atoms with van der Waals surface area (Å²) in [5.74, 6) is 1.01. The zero-order valence-electron chi connectivity index (χ0n) is 23.7. The number of hydrogen-bond donors (Lipinski definition) is 0. The van der Waals surface area contributed by atoms with Crippen LogP contribution in [-0.4, -0.2) is 0 Å². The molecule has 1 nitrogen and oxygen atoms in total. The Kier molecular flexibility index (Phi) is 5.39. The Morgan fingerprint density at radius 1 is 0.442 bits per heavy atom. The molecule has 0 aliphatic heterocycles. The number of para-hydroxylation sites is 1. The number of furan rings is 1. The second-order valence-electron chi connectivity index (χ2n) is 11.5. The third kappa shape index (κ3) is 3.72. The Labute approximate surface area is 250 Å². The van der Waals surface area contributed by atoms with Crippen LogP contribution in [0.15, 0.2) is 144 Å². The lowest BCUT2D eigenvalue weighted by atomic mass is 9.84. The highest BCUT2D eigenvalue weighted by Gasteiger charge is 2.19. The van der Waals surface area contributed by atoms with Crippen molar-refractivity contribution in [1.29, 1.82) is 0 Å². The van der Waals surface area contributed by atoms with Crippen LogP contribution in [0.5, 0.6) is 0 Å². The highest BCUT2D eigenvalue weighted by Crippen LogP contribution is 2.45. The Morgan fingerprint density at radius 2 is 1.00 bits per heavy atom. The summed E-state index contributed by atoms with van der Waals surface area (Å²) in [7, 11) is 0. The van der Waals surface area contributed by atoms with Gasteiger partial charge >= 0.3 is 0 Å². The first kappa shape index (κ1) is 24.2. The summed E-state index contributed by atoms with van der Waals surface area (Å²) in [6, 6.07) is 48.7. The molecule has 43 heavy (non-hydrogen) atoms. The first-order valence-electron chi connectivity index (χ1n) is 15.1. The van der Waals surface area contributed by atoms with Crippen molar-refractivity contribution in [2.75, 3.05) is 0 Å². The van der Waals surface area contributed by atoms with E-state index in [4.69, 9.17) is 4.42 Å². The molecule has 202 valence electrons. The van der Waals surface area contributed by atoms with Gasteiger partial charge in [-0.2, -0.15) is 0 Å². The molecule has 0 spiro atoms. The molecule has 0 atom stereocenters. The molecule has 0 saturated carbocycles. The molecular formula is C42H28O. The summed E-state index contributed by atoms with van der Waals surface area (Å²) in [4.78, 5) is 0. The number of rotatable bonds is 3. The second-order valence-corrected chi connectivity index (χ2v) is 11.5.